The molecule has 1 aliphatic heterocycles. The van der Waals surface area contributed by atoms with Crippen LogP contribution in [0.25, 0.3) is 0 Å². The van der Waals surface area contributed by atoms with Gasteiger partial charge in [-0.1, -0.05) is 26.0 Å². The topological polar surface area (TPSA) is 75.2 Å². The summed E-state index contributed by atoms with van der Waals surface area (Å²) >= 11 is 0. The maximum absolute atomic E-state index is 11.8. The highest BCUT2D eigenvalue weighted by atomic mass is 127. The van der Waals surface area contributed by atoms with Gasteiger partial charge in [0.1, 0.15) is 0 Å². The first-order valence-electron chi connectivity index (χ1n) is 10.5. The summed E-state index contributed by atoms with van der Waals surface area (Å²) in [5, 5.41) is 6.35. The van der Waals surface area contributed by atoms with Gasteiger partial charge in [0, 0.05) is 58.6 Å². The van der Waals surface area contributed by atoms with E-state index in [9.17, 15) is 4.79 Å². The summed E-state index contributed by atoms with van der Waals surface area (Å²) in [5.41, 5.74) is 1.97. The van der Waals surface area contributed by atoms with E-state index >= 15 is 0 Å². The average molecular weight is 532 g/mol. The van der Waals surface area contributed by atoms with Gasteiger partial charge in [-0.3, -0.25) is 9.79 Å². The summed E-state index contributed by atoms with van der Waals surface area (Å²) in [5.74, 6) is 0.918. The molecule has 0 aromatic heterocycles. The van der Waals surface area contributed by atoms with Crippen LogP contribution in [0, 0.1) is 5.92 Å². The van der Waals surface area contributed by atoms with Gasteiger partial charge in [0.15, 0.2) is 5.96 Å². The number of benzene rings is 1. The van der Waals surface area contributed by atoms with Gasteiger partial charge >= 0.3 is 0 Å². The van der Waals surface area contributed by atoms with Crippen molar-refractivity contribution >= 4 is 41.5 Å². The summed E-state index contributed by atoms with van der Waals surface area (Å²) in [6.07, 6.45) is 3.30. The number of nitrogens with zero attached hydrogens (tertiary/aromatic N) is 2. The fourth-order valence-electron chi connectivity index (χ4n) is 3.19. The first-order valence-corrected chi connectivity index (χ1v) is 10.5. The molecule has 0 radical (unpaired) electrons. The number of hydrogen-bond acceptors (Lipinski definition) is 4. The zero-order valence-corrected chi connectivity index (χ0v) is 21.0. The van der Waals surface area contributed by atoms with Crippen LogP contribution in [0.5, 0.6) is 0 Å². The number of aliphatic imine (C=N–C) groups is 1. The zero-order valence-electron chi connectivity index (χ0n) is 18.6. The van der Waals surface area contributed by atoms with Crippen molar-refractivity contribution in [3.8, 4) is 0 Å². The van der Waals surface area contributed by atoms with E-state index in [4.69, 9.17) is 9.47 Å². The van der Waals surface area contributed by atoms with Crippen molar-refractivity contribution < 1.29 is 14.3 Å². The van der Waals surface area contributed by atoms with Crippen molar-refractivity contribution in [1.29, 1.82) is 0 Å². The first kappa shape index (κ1) is 26.6. The molecule has 0 unspecified atom stereocenters. The number of carbonyl (C=O) groups is 1. The molecule has 170 valence electrons. The highest BCUT2D eigenvalue weighted by Crippen LogP contribution is 2.15. The van der Waals surface area contributed by atoms with E-state index in [1.807, 2.05) is 45.2 Å². The number of carbonyl (C=O) groups excluding carboxylic acids is 1. The number of ether oxygens (including phenoxy) is 2. The van der Waals surface area contributed by atoms with Crippen LogP contribution in [0.15, 0.2) is 29.3 Å². The molecule has 0 bridgehead atoms. The Morgan fingerprint density at radius 3 is 2.43 bits per heavy atom. The van der Waals surface area contributed by atoms with Crippen LogP contribution < -0.4 is 10.6 Å². The molecule has 2 N–H and O–H groups in total. The Kier molecular flexibility index (Phi) is 13.0. The summed E-state index contributed by atoms with van der Waals surface area (Å²) in [6, 6.07) is 7.92. The number of guanidine groups is 1. The van der Waals surface area contributed by atoms with Crippen LogP contribution in [0.4, 0.5) is 5.69 Å². The number of anilines is 1. The lowest BCUT2D eigenvalue weighted by molar-refractivity contribution is -0.118. The van der Waals surface area contributed by atoms with Gasteiger partial charge in [0.05, 0.1) is 6.10 Å². The minimum absolute atomic E-state index is 0. The van der Waals surface area contributed by atoms with Gasteiger partial charge in [-0.05, 0) is 37.0 Å². The van der Waals surface area contributed by atoms with E-state index in [1.165, 1.54) is 0 Å². The molecule has 0 saturated carbocycles. The molecule has 8 heteroatoms. The Morgan fingerprint density at radius 1 is 1.20 bits per heavy atom. The zero-order chi connectivity index (χ0) is 21.1. The Balaban J connectivity index is 0.00000450. The number of piperidine rings is 1. The van der Waals surface area contributed by atoms with E-state index in [0.29, 0.717) is 12.6 Å². The molecule has 2 rings (SSSR count). The maximum atomic E-state index is 11.8. The molecule has 1 fully saturated rings. The Hall–Kier alpha value is -1.39. The fraction of sp³-hybridized carbons (Fsp3) is 0.636. The second kappa shape index (κ2) is 14.6. The van der Waals surface area contributed by atoms with Gasteiger partial charge in [0.25, 0.3) is 0 Å². The second-order valence-electron chi connectivity index (χ2n) is 7.65. The van der Waals surface area contributed by atoms with Crippen LogP contribution >= 0.6 is 24.0 Å². The summed E-state index contributed by atoms with van der Waals surface area (Å²) < 4.78 is 11.0. The van der Waals surface area contributed by atoms with Gasteiger partial charge in [0.2, 0.25) is 5.91 Å². The van der Waals surface area contributed by atoms with E-state index in [-0.39, 0.29) is 35.8 Å². The standard InChI is InChI=1S/C22H36N4O3.HI/c1-17(2)21(27)25-19-8-6-18(7-9-19)16-24-22(23-3)26-12-10-20(11-13-26)29-15-5-14-28-4;/h6-9,17,20H,5,10-16H2,1-4H3,(H,23,24)(H,25,27);1H. The molecule has 1 aliphatic rings. The number of methoxy groups -OCH3 is 1. The van der Waals surface area contributed by atoms with E-state index < -0.39 is 0 Å². The third kappa shape index (κ3) is 9.18. The summed E-state index contributed by atoms with van der Waals surface area (Å²) in [4.78, 5) is 18.5. The first-order chi connectivity index (χ1) is 14.0. The lowest BCUT2D eigenvalue weighted by Gasteiger charge is -2.34. The minimum atomic E-state index is -0.0282. The van der Waals surface area contributed by atoms with Crippen molar-refractivity contribution in [3.63, 3.8) is 0 Å². The summed E-state index contributed by atoms with van der Waals surface area (Å²) in [7, 11) is 3.54. The lowest BCUT2D eigenvalue weighted by atomic mass is 10.1. The quantitative estimate of drug-likeness (QED) is 0.221. The van der Waals surface area contributed by atoms with E-state index in [1.54, 1.807) is 7.11 Å². The minimum Gasteiger partial charge on any atom is -0.385 e. The number of halogens is 1. The normalized spacial score (nSPS) is 15.1. The molecule has 0 spiro atoms. The van der Waals surface area contributed by atoms with Crippen LogP contribution in [0.1, 0.15) is 38.7 Å². The predicted octanol–water partition coefficient (Wildman–Crippen LogP) is 3.49. The Labute approximate surface area is 198 Å². The van der Waals surface area contributed by atoms with Crippen molar-refractivity contribution in [2.75, 3.05) is 45.8 Å². The molecule has 0 atom stereocenters. The molecule has 1 heterocycles. The molecular weight excluding hydrogens is 495 g/mol. The molecule has 0 aliphatic carbocycles. The monoisotopic (exact) mass is 532 g/mol. The van der Waals surface area contributed by atoms with E-state index in [2.05, 4.69) is 20.5 Å². The predicted molar refractivity (Wildman–Crippen MR) is 133 cm³/mol. The molecule has 1 saturated heterocycles. The highest BCUT2D eigenvalue weighted by Gasteiger charge is 2.21. The smallest absolute Gasteiger partial charge is 0.226 e. The highest BCUT2D eigenvalue weighted by molar-refractivity contribution is 14.0. The van der Waals surface area contributed by atoms with Crippen LogP contribution in [-0.4, -0.2) is 63.3 Å². The van der Waals surface area contributed by atoms with Crippen molar-refractivity contribution in [2.24, 2.45) is 10.9 Å². The Morgan fingerprint density at radius 2 is 1.87 bits per heavy atom. The molecule has 30 heavy (non-hydrogen) atoms. The van der Waals surface area contributed by atoms with Gasteiger partial charge < -0.3 is 25.0 Å². The Bertz CT molecular complexity index is 644. The fourth-order valence-corrected chi connectivity index (χ4v) is 3.19. The van der Waals surface area contributed by atoms with Crippen molar-refractivity contribution in [2.45, 2.75) is 45.8 Å². The third-order valence-corrected chi connectivity index (χ3v) is 5.00. The average Bonchev–Trinajstić information content (AvgIpc) is 2.73. The van der Waals surface area contributed by atoms with Crippen molar-refractivity contribution in [3.05, 3.63) is 29.8 Å². The number of amides is 1. The molecule has 1 aromatic rings. The number of nitrogens with one attached hydrogen (secondary N) is 2. The largest absolute Gasteiger partial charge is 0.385 e. The van der Waals surface area contributed by atoms with Crippen LogP contribution in [-0.2, 0) is 20.8 Å². The SMILES string of the molecule is CN=C(NCc1ccc(NC(=O)C(C)C)cc1)N1CCC(OCCCOC)CC1.I. The maximum Gasteiger partial charge on any atom is 0.226 e. The number of likely N-dealkylation sites (tertiary alicyclic amines) is 1. The molecule has 7 nitrogen and oxygen atoms in total. The van der Waals surface area contributed by atoms with E-state index in [0.717, 1.165) is 62.8 Å². The molecule has 1 aromatic carbocycles. The summed E-state index contributed by atoms with van der Waals surface area (Å²) in [6.45, 7) is 7.85. The van der Waals surface area contributed by atoms with Gasteiger partial charge in [-0.25, -0.2) is 0 Å². The lowest BCUT2D eigenvalue weighted by Crippen LogP contribution is -2.46. The van der Waals surface area contributed by atoms with Crippen LogP contribution in [0.3, 0.4) is 0 Å². The number of hydrogen-bond donors (Lipinski definition) is 2. The van der Waals surface area contributed by atoms with Crippen LogP contribution in [0.2, 0.25) is 0 Å². The molecular formula is C22H37IN4O3. The third-order valence-electron chi connectivity index (χ3n) is 5.00. The molecule has 1 amide bonds. The second-order valence-corrected chi connectivity index (χ2v) is 7.65. The van der Waals surface area contributed by atoms with Gasteiger partial charge in [-0.15, -0.1) is 24.0 Å². The van der Waals surface area contributed by atoms with Crippen molar-refractivity contribution in [1.82, 2.24) is 10.2 Å². The number of rotatable bonds is 9. The van der Waals surface area contributed by atoms with Gasteiger partial charge in [-0.2, -0.15) is 0 Å².